The minimum atomic E-state index is -0.275. The van der Waals surface area contributed by atoms with Gasteiger partial charge in [0.25, 0.3) is 17.8 Å². The SMILES string of the molecule is Cc1noc(C)c1C(=O)N1CCCN1C(=O)Cn1nnc(N2CCCCC2)n1. The van der Waals surface area contributed by atoms with Gasteiger partial charge in [0, 0.05) is 26.2 Å². The fourth-order valence-electron chi connectivity index (χ4n) is 3.72. The monoisotopic (exact) mass is 388 g/mol. The third-order valence-electron chi connectivity index (χ3n) is 5.16. The van der Waals surface area contributed by atoms with E-state index in [9.17, 15) is 9.59 Å². The Bertz CT molecular complexity index is 850. The molecule has 0 atom stereocenters. The van der Waals surface area contributed by atoms with Gasteiger partial charge in [-0.1, -0.05) is 10.3 Å². The fourth-order valence-corrected chi connectivity index (χ4v) is 3.72. The van der Waals surface area contributed by atoms with Crippen LogP contribution in [0.4, 0.5) is 5.95 Å². The van der Waals surface area contributed by atoms with Crippen molar-refractivity contribution < 1.29 is 14.1 Å². The average molecular weight is 388 g/mol. The Hall–Kier alpha value is -2.98. The van der Waals surface area contributed by atoms with E-state index in [1.165, 1.54) is 21.2 Å². The van der Waals surface area contributed by atoms with Crippen LogP contribution < -0.4 is 4.90 Å². The number of carbonyl (C=O) groups excluding carboxylic acids is 2. The van der Waals surface area contributed by atoms with E-state index in [4.69, 9.17) is 4.52 Å². The Morgan fingerprint density at radius 3 is 2.46 bits per heavy atom. The van der Waals surface area contributed by atoms with Crippen LogP contribution in [-0.4, -0.2) is 73.4 Å². The molecule has 0 aromatic carbocycles. The summed E-state index contributed by atoms with van der Waals surface area (Å²) in [5.74, 6) is 0.478. The predicted molar refractivity (Wildman–Crippen MR) is 97.2 cm³/mol. The first kappa shape index (κ1) is 18.4. The van der Waals surface area contributed by atoms with Gasteiger partial charge >= 0.3 is 0 Å². The molecule has 0 spiro atoms. The molecule has 0 bridgehead atoms. The van der Waals surface area contributed by atoms with Crippen molar-refractivity contribution in [3.63, 3.8) is 0 Å². The van der Waals surface area contributed by atoms with Gasteiger partial charge in [-0.3, -0.25) is 9.59 Å². The highest BCUT2D eigenvalue weighted by Gasteiger charge is 2.34. The lowest BCUT2D eigenvalue weighted by Gasteiger charge is -2.27. The summed E-state index contributed by atoms with van der Waals surface area (Å²) in [6, 6.07) is 0. The number of aryl methyl sites for hydroxylation is 2. The standard InChI is InChI=1S/C17H24N8O3/c1-12-15(13(2)28-20-12)16(27)24-10-6-9-23(24)14(26)11-25-19-17(18-21-25)22-7-4-3-5-8-22/h3-11H2,1-2H3. The van der Waals surface area contributed by atoms with Crippen LogP contribution in [0.5, 0.6) is 0 Å². The van der Waals surface area contributed by atoms with Crippen molar-refractivity contribution in [1.82, 2.24) is 35.4 Å². The molecule has 28 heavy (non-hydrogen) atoms. The second-order valence-corrected chi connectivity index (χ2v) is 7.17. The Kier molecular flexibility index (Phi) is 4.97. The zero-order chi connectivity index (χ0) is 19.7. The van der Waals surface area contributed by atoms with Gasteiger partial charge in [-0.15, -0.1) is 5.10 Å². The molecule has 0 saturated carbocycles. The molecule has 2 fully saturated rings. The molecule has 0 aliphatic carbocycles. The summed E-state index contributed by atoms with van der Waals surface area (Å²) in [4.78, 5) is 29.1. The molecule has 2 saturated heterocycles. The van der Waals surface area contributed by atoms with Crippen LogP contribution in [0.15, 0.2) is 4.52 Å². The minimum Gasteiger partial charge on any atom is -0.361 e. The molecular weight excluding hydrogens is 364 g/mol. The number of rotatable bonds is 4. The van der Waals surface area contributed by atoms with E-state index in [2.05, 4.69) is 25.5 Å². The number of hydrogen-bond donors (Lipinski definition) is 0. The van der Waals surface area contributed by atoms with Crippen LogP contribution in [0.25, 0.3) is 0 Å². The molecule has 2 aliphatic rings. The fraction of sp³-hybridized carbons (Fsp3) is 0.647. The molecular formula is C17H24N8O3. The van der Waals surface area contributed by atoms with Crippen LogP contribution in [0.2, 0.25) is 0 Å². The number of nitrogens with zero attached hydrogens (tertiary/aromatic N) is 8. The summed E-state index contributed by atoms with van der Waals surface area (Å²) in [6.45, 7) is 6.10. The van der Waals surface area contributed by atoms with E-state index < -0.39 is 0 Å². The van der Waals surface area contributed by atoms with Crippen LogP contribution in [0.3, 0.4) is 0 Å². The summed E-state index contributed by atoms with van der Waals surface area (Å²) >= 11 is 0. The number of hydrazine groups is 1. The van der Waals surface area contributed by atoms with Gasteiger partial charge in [0.1, 0.15) is 17.9 Å². The molecule has 150 valence electrons. The number of tetrazole rings is 1. The smallest absolute Gasteiger partial charge is 0.277 e. The lowest BCUT2D eigenvalue weighted by Crippen LogP contribution is -2.46. The van der Waals surface area contributed by atoms with E-state index in [-0.39, 0.29) is 18.4 Å². The first-order valence-corrected chi connectivity index (χ1v) is 9.62. The van der Waals surface area contributed by atoms with Crippen molar-refractivity contribution >= 4 is 17.8 Å². The largest absolute Gasteiger partial charge is 0.361 e. The average Bonchev–Trinajstić information content (AvgIpc) is 3.42. The summed E-state index contributed by atoms with van der Waals surface area (Å²) < 4.78 is 5.09. The maximum Gasteiger partial charge on any atom is 0.277 e. The molecule has 0 unspecified atom stereocenters. The van der Waals surface area contributed by atoms with Gasteiger partial charge in [-0.05, 0) is 44.7 Å². The lowest BCUT2D eigenvalue weighted by molar-refractivity contribution is -0.141. The Labute approximate surface area is 162 Å². The summed E-state index contributed by atoms with van der Waals surface area (Å²) in [5.41, 5.74) is 0.928. The minimum absolute atomic E-state index is 0.0633. The second kappa shape index (κ2) is 7.56. The van der Waals surface area contributed by atoms with Gasteiger partial charge in [-0.2, -0.15) is 4.80 Å². The van der Waals surface area contributed by atoms with Crippen molar-refractivity contribution in [3.8, 4) is 0 Å². The summed E-state index contributed by atoms with van der Waals surface area (Å²) in [6.07, 6.45) is 4.15. The number of piperidine rings is 1. The van der Waals surface area contributed by atoms with E-state index >= 15 is 0 Å². The second-order valence-electron chi connectivity index (χ2n) is 7.17. The molecule has 11 heteroatoms. The van der Waals surface area contributed by atoms with E-state index in [1.54, 1.807) is 13.8 Å². The van der Waals surface area contributed by atoms with Crippen molar-refractivity contribution in [1.29, 1.82) is 0 Å². The van der Waals surface area contributed by atoms with E-state index in [0.29, 0.717) is 42.5 Å². The molecule has 2 aromatic rings. The first-order chi connectivity index (χ1) is 13.5. The maximum absolute atomic E-state index is 12.9. The predicted octanol–water partition coefficient (Wildman–Crippen LogP) is 0.558. The zero-order valence-electron chi connectivity index (χ0n) is 16.2. The number of hydrogen-bond acceptors (Lipinski definition) is 8. The third-order valence-corrected chi connectivity index (χ3v) is 5.16. The molecule has 11 nitrogen and oxygen atoms in total. The Morgan fingerprint density at radius 2 is 1.75 bits per heavy atom. The molecule has 4 heterocycles. The zero-order valence-corrected chi connectivity index (χ0v) is 16.2. The molecule has 2 amide bonds. The van der Waals surface area contributed by atoms with Crippen molar-refractivity contribution in [2.24, 2.45) is 0 Å². The number of aromatic nitrogens is 5. The van der Waals surface area contributed by atoms with Gasteiger partial charge in [0.15, 0.2) is 0 Å². The highest BCUT2D eigenvalue weighted by atomic mass is 16.5. The number of carbonyl (C=O) groups is 2. The normalized spacial score (nSPS) is 17.4. The van der Waals surface area contributed by atoms with Crippen LogP contribution in [0.1, 0.15) is 47.5 Å². The van der Waals surface area contributed by atoms with E-state index in [1.807, 2.05) is 0 Å². The van der Waals surface area contributed by atoms with Gasteiger partial charge in [0.2, 0.25) is 0 Å². The number of amides is 2. The number of anilines is 1. The van der Waals surface area contributed by atoms with Gasteiger partial charge < -0.3 is 9.42 Å². The van der Waals surface area contributed by atoms with Crippen LogP contribution >= 0.6 is 0 Å². The maximum atomic E-state index is 12.9. The molecule has 0 N–H and O–H groups in total. The highest BCUT2D eigenvalue weighted by Crippen LogP contribution is 2.20. The summed E-state index contributed by atoms with van der Waals surface area (Å²) in [7, 11) is 0. The van der Waals surface area contributed by atoms with Gasteiger partial charge in [0.05, 0.1) is 5.69 Å². The highest BCUT2D eigenvalue weighted by molar-refractivity contribution is 5.97. The van der Waals surface area contributed by atoms with Crippen molar-refractivity contribution in [2.45, 2.75) is 46.1 Å². The Balaban J connectivity index is 1.44. The molecule has 2 aliphatic heterocycles. The topological polar surface area (TPSA) is 113 Å². The lowest BCUT2D eigenvalue weighted by atomic mass is 10.1. The first-order valence-electron chi connectivity index (χ1n) is 9.62. The van der Waals surface area contributed by atoms with Crippen molar-refractivity contribution in [3.05, 3.63) is 17.0 Å². The Morgan fingerprint density at radius 1 is 1.00 bits per heavy atom. The van der Waals surface area contributed by atoms with Gasteiger partial charge in [-0.25, -0.2) is 10.0 Å². The molecule has 0 radical (unpaired) electrons. The quantitative estimate of drug-likeness (QED) is 0.746. The molecule has 4 rings (SSSR count). The third kappa shape index (κ3) is 3.43. The summed E-state index contributed by atoms with van der Waals surface area (Å²) in [5, 5.41) is 19.2. The van der Waals surface area contributed by atoms with E-state index in [0.717, 1.165) is 25.9 Å². The van der Waals surface area contributed by atoms with Crippen LogP contribution in [-0.2, 0) is 11.3 Å². The molecule has 2 aromatic heterocycles. The van der Waals surface area contributed by atoms with Crippen LogP contribution in [0, 0.1) is 13.8 Å². The van der Waals surface area contributed by atoms with Crippen molar-refractivity contribution in [2.75, 3.05) is 31.1 Å².